The number of fused-ring (bicyclic) bond motifs is 1. The van der Waals surface area contributed by atoms with E-state index in [4.69, 9.17) is 23.1 Å². The van der Waals surface area contributed by atoms with Crippen molar-refractivity contribution in [1.29, 1.82) is 0 Å². The second-order valence-corrected chi connectivity index (χ2v) is 9.80. The number of halogens is 3. The third-order valence-electron chi connectivity index (χ3n) is 6.31. The summed E-state index contributed by atoms with van der Waals surface area (Å²) in [5.74, 6) is -0.467. The lowest BCUT2D eigenvalue weighted by molar-refractivity contribution is 0.582. The molecular weight excluding hydrogens is 548 g/mol. The zero-order chi connectivity index (χ0) is 29.9. The van der Waals surface area contributed by atoms with Crippen molar-refractivity contribution in [3.05, 3.63) is 94.0 Å². The fraction of sp³-hybridized carbons (Fsp3) is 0.300. The predicted octanol–water partition coefficient (Wildman–Crippen LogP) is 5.25. The monoisotopic (exact) mass is 583 g/mol. The molecule has 0 saturated carbocycles. The standard InChI is InChI=1S/C28H32ClF2N7O.C2H4/c1-17(33)35-10-4-9-34-15-19-6-7-21(14-24(19)30)38-16-20-13-25(36-27(20)37-28(38)39)22-11-18(5-2-3-8-32)12-23(29)26(22)31;1-2/h6-7,11-14,16,34H,2-5,8-10,15,32H2,1H3,(H2,33,35)(H,36,37,39);1-2H2. The summed E-state index contributed by atoms with van der Waals surface area (Å²) in [5.41, 5.74) is 13.2. The number of aromatic amines is 1. The van der Waals surface area contributed by atoms with E-state index in [1.807, 2.05) is 0 Å². The van der Waals surface area contributed by atoms with E-state index in [-0.39, 0.29) is 10.6 Å². The number of aromatic nitrogens is 3. The van der Waals surface area contributed by atoms with Crippen LogP contribution in [0.4, 0.5) is 8.78 Å². The van der Waals surface area contributed by atoms with Gasteiger partial charge >= 0.3 is 5.69 Å². The number of benzene rings is 2. The summed E-state index contributed by atoms with van der Waals surface area (Å²) in [7, 11) is 0. The molecule has 11 heteroatoms. The highest BCUT2D eigenvalue weighted by molar-refractivity contribution is 6.31. The lowest BCUT2D eigenvalue weighted by Gasteiger charge is -2.09. The summed E-state index contributed by atoms with van der Waals surface area (Å²) in [5, 5.41) is 3.76. The zero-order valence-electron chi connectivity index (χ0n) is 23.2. The third kappa shape index (κ3) is 8.32. The second-order valence-electron chi connectivity index (χ2n) is 9.39. The van der Waals surface area contributed by atoms with Gasteiger partial charge in [-0.05, 0) is 81.6 Å². The molecule has 6 N–H and O–H groups in total. The van der Waals surface area contributed by atoms with Gasteiger partial charge in [0.2, 0.25) is 0 Å². The van der Waals surface area contributed by atoms with Gasteiger partial charge in [0.05, 0.1) is 22.2 Å². The molecule has 0 atom stereocenters. The van der Waals surface area contributed by atoms with Crippen molar-refractivity contribution in [3.8, 4) is 16.9 Å². The first-order valence-electron chi connectivity index (χ1n) is 13.3. The average Bonchev–Trinajstić information content (AvgIpc) is 3.36. The summed E-state index contributed by atoms with van der Waals surface area (Å²) in [6, 6.07) is 9.64. The molecule has 2 aromatic heterocycles. The summed E-state index contributed by atoms with van der Waals surface area (Å²) in [6.45, 7) is 9.93. The Morgan fingerprint density at radius 2 is 1.95 bits per heavy atom. The molecule has 4 rings (SSSR count). The number of unbranched alkanes of at least 4 members (excludes halogenated alkanes) is 1. The van der Waals surface area contributed by atoms with Gasteiger partial charge in [-0.1, -0.05) is 17.7 Å². The van der Waals surface area contributed by atoms with Crippen molar-refractivity contribution in [2.75, 3.05) is 19.6 Å². The third-order valence-corrected chi connectivity index (χ3v) is 6.58. The van der Waals surface area contributed by atoms with E-state index in [1.54, 1.807) is 43.5 Å². The van der Waals surface area contributed by atoms with Crippen LogP contribution in [0, 0.1) is 11.6 Å². The average molecular weight is 584 g/mol. The molecule has 4 aromatic rings. The highest BCUT2D eigenvalue weighted by Crippen LogP contribution is 2.31. The van der Waals surface area contributed by atoms with Crippen molar-refractivity contribution in [1.82, 2.24) is 19.9 Å². The number of hydrogen-bond acceptors (Lipinski definition) is 5. The molecule has 41 heavy (non-hydrogen) atoms. The normalized spacial score (nSPS) is 11.5. The van der Waals surface area contributed by atoms with Gasteiger partial charge in [0.15, 0.2) is 5.82 Å². The first-order chi connectivity index (χ1) is 19.8. The van der Waals surface area contributed by atoms with Gasteiger partial charge in [-0.3, -0.25) is 9.56 Å². The van der Waals surface area contributed by atoms with Crippen LogP contribution in [0.2, 0.25) is 5.02 Å². The molecule has 0 fully saturated rings. The van der Waals surface area contributed by atoms with Crippen LogP contribution in [0.5, 0.6) is 0 Å². The minimum Gasteiger partial charge on any atom is -0.388 e. The second kappa shape index (κ2) is 15.2. The van der Waals surface area contributed by atoms with Crippen LogP contribution in [0.25, 0.3) is 28.0 Å². The molecule has 8 nitrogen and oxygen atoms in total. The van der Waals surface area contributed by atoms with Crippen LogP contribution >= 0.6 is 11.6 Å². The van der Waals surface area contributed by atoms with E-state index in [0.717, 1.165) is 24.8 Å². The van der Waals surface area contributed by atoms with Crippen molar-refractivity contribution >= 4 is 28.5 Å². The largest absolute Gasteiger partial charge is 0.388 e. The Bertz CT molecular complexity index is 1560. The molecule has 2 aromatic carbocycles. The molecule has 218 valence electrons. The van der Waals surface area contributed by atoms with E-state index < -0.39 is 17.3 Å². The number of H-pyrrole nitrogens is 1. The Labute approximate surface area is 243 Å². The van der Waals surface area contributed by atoms with Gasteiger partial charge in [-0.25, -0.2) is 13.6 Å². The number of hydrogen-bond donors (Lipinski definition) is 4. The summed E-state index contributed by atoms with van der Waals surface area (Å²) < 4.78 is 31.1. The quantitative estimate of drug-likeness (QED) is 0.0784. The summed E-state index contributed by atoms with van der Waals surface area (Å²) >= 11 is 6.17. The lowest BCUT2D eigenvalue weighted by Crippen LogP contribution is -2.21. The lowest BCUT2D eigenvalue weighted by atomic mass is 10.0. The van der Waals surface area contributed by atoms with Crippen molar-refractivity contribution < 1.29 is 8.78 Å². The van der Waals surface area contributed by atoms with Gasteiger partial charge in [-0.15, -0.1) is 13.2 Å². The van der Waals surface area contributed by atoms with Crippen LogP contribution in [0.3, 0.4) is 0 Å². The van der Waals surface area contributed by atoms with Crippen molar-refractivity contribution in [2.24, 2.45) is 16.5 Å². The molecule has 0 spiro atoms. The van der Waals surface area contributed by atoms with Gasteiger partial charge < -0.3 is 21.8 Å². The van der Waals surface area contributed by atoms with Gasteiger partial charge in [0, 0.05) is 35.8 Å². The fourth-order valence-corrected chi connectivity index (χ4v) is 4.54. The van der Waals surface area contributed by atoms with E-state index in [9.17, 15) is 13.6 Å². The molecular formula is C30H36ClF2N7O. The number of aryl methyl sites for hydroxylation is 1. The van der Waals surface area contributed by atoms with Crippen LogP contribution in [-0.4, -0.2) is 40.0 Å². The molecule has 0 bridgehead atoms. The maximum atomic E-state index is 15.0. The molecule has 0 unspecified atom stereocenters. The molecule has 0 aliphatic heterocycles. The Hall–Kier alpha value is -3.86. The molecule has 0 aliphatic rings. The van der Waals surface area contributed by atoms with Crippen molar-refractivity contribution in [2.45, 2.75) is 39.2 Å². The maximum absolute atomic E-state index is 15.0. The highest BCUT2D eigenvalue weighted by atomic mass is 35.5. The number of nitrogens with two attached hydrogens (primary N) is 2. The summed E-state index contributed by atoms with van der Waals surface area (Å²) in [4.78, 5) is 24.0. The highest BCUT2D eigenvalue weighted by Gasteiger charge is 2.16. The van der Waals surface area contributed by atoms with Crippen LogP contribution in [-0.2, 0) is 13.0 Å². The smallest absolute Gasteiger partial charge is 0.354 e. The molecule has 2 heterocycles. The number of amidine groups is 1. The van der Waals surface area contributed by atoms with Crippen LogP contribution < -0.4 is 22.5 Å². The number of aliphatic imine (C=N–C) groups is 1. The van der Waals surface area contributed by atoms with Crippen LogP contribution in [0.15, 0.2) is 65.5 Å². The molecule has 0 saturated heterocycles. The minimum atomic E-state index is -0.592. The zero-order valence-corrected chi connectivity index (χ0v) is 23.9. The Morgan fingerprint density at radius 3 is 2.66 bits per heavy atom. The van der Waals surface area contributed by atoms with Crippen LogP contribution in [0.1, 0.15) is 37.3 Å². The van der Waals surface area contributed by atoms with Gasteiger partial charge in [0.25, 0.3) is 0 Å². The number of rotatable bonds is 12. The first kappa shape index (κ1) is 31.7. The molecule has 0 radical (unpaired) electrons. The predicted molar refractivity (Wildman–Crippen MR) is 164 cm³/mol. The first-order valence-corrected chi connectivity index (χ1v) is 13.7. The van der Waals surface area contributed by atoms with E-state index in [0.29, 0.717) is 66.4 Å². The fourth-order valence-electron chi connectivity index (χ4n) is 4.30. The van der Waals surface area contributed by atoms with E-state index >= 15 is 0 Å². The number of nitrogens with zero attached hydrogens (tertiary/aromatic N) is 3. The maximum Gasteiger partial charge on any atom is 0.354 e. The number of nitrogens with one attached hydrogen (secondary N) is 2. The van der Waals surface area contributed by atoms with Gasteiger partial charge in [0.1, 0.15) is 11.5 Å². The topological polar surface area (TPSA) is 127 Å². The summed E-state index contributed by atoms with van der Waals surface area (Å²) in [6.07, 6.45) is 4.77. The Morgan fingerprint density at radius 1 is 1.17 bits per heavy atom. The molecule has 0 aliphatic carbocycles. The Kier molecular flexibility index (Phi) is 11.8. The SMILES string of the molecule is C=C.CC(N)=NCCCNCc1ccc(-n2cc3cc(-c4cc(CCCCN)cc(Cl)c4F)[nH]c3nc2=O)cc1F. The Balaban J connectivity index is 0.00000226. The minimum absolute atomic E-state index is 0.0191. The van der Waals surface area contributed by atoms with E-state index in [2.05, 4.69) is 33.4 Å². The molecule has 0 amide bonds. The van der Waals surface area contributed by atoms with E-state index in [1.165, 1.54) is 10.6 Å². The van der Waals surface area contributed by atoms with Gasteiger partial charge in [-0.2, -0.15) is 4.98 Å². The van der Waals surface area contributed by atoms with Crippen molar-refractivity contribution in [3.63, 3.8) is 0 Å².